The average molecular weight is 294 g/mol. The van der Waals surface area contributed by atoms with Crippen LogP contribution in [-0.4, -0.2) is 16.8 Å². The molecule has 0 bridgehead atoms. The fraction of sp³-hybridized carbons (Fsp3) is 0.0769. The topological polar surface area (TPSA) is 68.3 Å². The highest BCUT2D eigenvalue weighted by atomic mass is 32.2. The Labute approximate surface area is 111 Å². The van der Waals surface area contributed by atoms with E-state index in [0.717, 1.165) is 0 Å². The Kier molecular flexibility index (Phi) is 2.40. The Morgan fingerprint density at radius 2 is 1.16 bits per heavy atom. The van der Waals surface area contributed by atoms with Crippen molar-refractivity contribution in [2.24, 2.45) is 0 Å². The zero-order valence-electron chi connectivity index (χ0n) is 9.99. The van der Waals surface area contributed by atoms with Crippen molar-refractivity contribution in [3.63, 3.8) is 0 Å². The molecule has 0 radical (unpaired) electrons. The van der Waals surface area contributed by atoms with Gasteiger partial charge in [0.05, 0.1) is 19.6 Å². The van der Waals surface area contributed by atoms with E-state index in [9.17, 15) is 16.8 Å². The van der Waals surface area contributed by atoms with Gasteiger partial charge in [0, 0.05) is 0 Å². The first-order valence-corrected chi connectivity index (χ1v) is 8.51. The molecule has 1 aliphatic heterocycles. The molecule has 1 heterocycles. The monoisotopic (exact) mass is 294 g/mol. The van der Waals surface area contributed by atoms with E-state index in [1.165, 1.54) is 36.4 Å². The molecule has 0 fully saturated rings. The average Bonchev–Trinajstić information content (AvgIpc) is 2.37. The summed E-state index contributed by atoms with van der Waals surface area (Å²) in [5.41, 5.74) is 0.705. The van der Waals surface area contributed by atoms with Gasteiger partial charge in [-0.1, -0.05) is 18.2 Å². The molecule has 0 atom stereocenters. The van der Waals surface area contributed by atoms with Crippen molar-refractivity contribution < 1.29 is 16.8 Å². The number of hydrogen-bond acceptors (Lipinski definition) is 4. The van der Waals surface area contributed by atoms with E-state index in [4.69, 9.17) is 0 Å². The molecule has 0 spiro atoms. The first kappa shape index (κ1) is 12.4. The highest BCUT2D eigenvalue weighted by Crippen LogP contribution is 2.40. The Hall–Kier alpha value is -1.66. The van der Waals surface area contributed by atoms with Gasteiger partial charge in [-0.3, -0.25) is 0 Å². The fourth-order valence-electron chi connectivity index (χ4n) is 2.18. The molecule has 0 amide bonds. The van der Waals surface area contributed by atoms with Gasteiger partial charge >= 0.3 is 0 Å². The van der Waals surface area contributed by atoms with E-state index >= 15 is 0 Å². The molecule has 4 nitrogen and oxygen atoms in total. The highest BCUT2D eigenvalue weighted by molar-refractivity contribution is 7.97. The molecular weight excluding hydrogens is 284 g/mol. The summed E-state index contributed by atoms with van der Waals surface area (Å²) >= 11 is 0. The van der Waals surface area contributed by atoms with E-state index in [1.807, 2.05) is 0 Å². The van der Waals surface area contributed by atoms with Crippen LogP contribution in [0.15, 0.2) is 62.0 Å². The molecule has 0 saturated heterocycles. The van der Waals surface area contributed by atoms with Gasteiger partial charge in [-0.25, -0.2) is 16.8 Å². The van der Waals surface area contributed by atoms with Crippen molar-refractivity contribution in [1.29, 1.82) is 0 Å². The van der Waals surface area contributed by atoms with Gasteiger partial charge in [0.2, 0.25) is 19.7 Å². The predicted molar refractivity (Wildman–Crippen MR) is 68.5 cm³/mol. The van der Waals surface area contributed by atoms with E-state index in [-0.39, 0.29) is 19.6 Å². The molecule has 2 aromatic rings. The molecule has 0 N–H and O–H groups in total. The van der Waals surface area contributed by atoms with Crippen molar-refractivity contribution in [1.82, 2.24) is 0 Å². The van der Waals surface area contributed by atoms with Crippen molar-refractivity contribution in [2.45, 2.75) is 26.5 Å². The molecule has 0 saturated carbocycles. The standard InChI is InChI=1S/C13H10O4S2/c1-9-6-7-12-13(8-9)19(16,17)11-5-3-2-4-10(11)18(12,14)15/h2-8H,1H3. The Morgan fingerprint density at radius 1 is 0.684 bits per heavy atom. The van der Waals surface area contributed by atoms with Gasteiger partial charge in [-0.15, -0.1) is 0 Å². The molecule has 0 aliphatic carbocycles. The minimum Gasteiger partial charge on any atom is -0.218 e. The van der Waals surface area contributed by atoms with Crippen molar-refractivity contribution in [2.75, 3.05) is 0 Å². The summed E-state index contributed by atoms with van der Waals surface area (Å²) in [6, 6.07) is 10.0. The summed E-state index contributed by atoms with van der Waals surface area (Å²) in [5, 5.41) is 0. The van der Waals surface area contributed by atoms with Gasteiger partial charge in [0.25, 0.3) is 0 Å². The maximum absolute atomic E-state index is 12.5. The van der Waals surface area contributed by atoms with Gasteiger partial charge in [-0.2, -0.15) is 0 Å². The maximum Gasteiger partial charge on any atom is 0.209 e. The van der Waals surface area contributed by atoms with Crippen molar-refractivity contribution in [3.05, 3.63) is 48.0 Å². The van der Waals surface area contributed by atoms with E-state index in [2.05, 4.69) is 0 Å². The van der Waals surface area contributed by atoms with Crippen LogP contribution >= 0.6 is 0 Å². The Bertz CT molecular complexity index is 894. The van der Waals surface area contributed by atoms with Crippen molar-refractivity contribution >= 4 is 19.7 Å². The van der Waals surface area contributed by atoms with Crippen LogP contribution in [-0.2, 0) is 19.7 Å². The first-order valence-electron chi connectivity index (χ1n) is 5.55. The summed E-state index contributed by atoms with van der Waals surface area (Å²) in [4.78, 5) is -0.567. The van der Waals surface area contributed by atoms with Gasteiger partial charge in [0.15, 0.2) is 0 Å². The van der Waals surface area contributed by atoms with Crippen LogP contribution < -0.4 is 0 Å². The third-order valence-corrected chi connectivity index (χ3v) is 7.09. The highest BCUT2D eigenvalue weighted by Gasteiger charge is 2.38. The number of hydrogen-bond donors (Lipinski definition) is 0. The Morgan fingerprint density at radius 3 is 1.74 bits per heavy atom. The second-order valence-corrected chi connectivity index (χ2v) is 8.18. The predicted octanol–water partition coefficient (Wildman–Crippen LogP) is 1.97. The lowest BCUT2D eigenvalue weighted by Gasteiger charge is -2.20. The van der Waals surface area contributed by atoms with Gasteiger partial charge in [-0.05, 0) is 36.8 Å². The SMILES string of the molecule is Cc1ccc2c(c1)S(=O)(=O)c1ccccc1S2(=O)=O. The number of benzene rings is 2. The lowest BCUT2D eigenvalue weighted by Crippen LogP contribution is -2.19. The normalized spacial score (nSPS) is 18.4. The smallest absolute Gasteiger partial charge is 0.209 e. The minimum absolute atomic E-state index is 0.133. The lowest BCUT2D eigenvalue weighted by molar-refractivity contribution is 0.570. The maximum atomic E-state index is 12.5. The molecule has 6 heteroatoms. The van der Waals surface area contributed by atoms with Crippen LogP contribution in [0.1, 0.15) is 5.56 Å². The molecule has 19 heavy (non-hydrogen) atoms. The van der Waals surface area contributed by atoms with Crippen LogP contribution in [0.3, 0.4) is 0 Å². The van der Waals surface area contributed by atoms with E-state index in [0.29, 0.717) is 5.56 Å². The third-order valence-electron chi connectivity index (χ3n) is 3.11. The molecule has 0 aromatic heterocycles. The summed E-state index contributed by atoms with van der Waals surface area (Å²) in [7, 11) is -7.54. The quantitative estimate of drug-likeness (QED) is 0.635. The molecule has 0 unspecified atom stereocenters. The fourth-order valence-corrected chi connectivity index (χ4v) is 6.39. The third kappa shape index (κ3) is 1.56. The van der Waals surface area contributed by atoms with Gasteiger partial charge in [0.1, 0.15) is 0 Å². The summed E-state index contributed by atoms with van der Waals surface area (Å²) < 4.78 is 49.8. The summed E-state index contributed by atoms with van der Waals surface area (Å²) in [5.74, 6) is 0. The second-order valence-electron chi connectivity index (χ2n) is 4.40. The van der Waals surface area contributed by atoms with E-state index in [1.54, 1.807) is 13.0 Å². The number of fused-ring (bicyclic) bond motifs is 2. The summed E-state index contributed by atoms with van der Waals surface area (Å²) in [6.07, 6.45) is 0. The zero-order valence-corrected chi connectivity index (χ0v) is 11.6. The van der Waals surface area contributed by atoms with Crippen LogP contribution in [0.4, 0.5) is 0 Å². The van der Waals surface area contributed by atoms with E-state index < -0.39 is 19.7 Å². The number of sulfone groups is 2. The van der Waals surface area contributed by atoms with Crippen LogP contribution in [0.25, 0.3) is 0 Å². The number of aryl methyl sites for hydroxylation is 1. The molecule has 3 rings (SSSR count). The van der Waals surface area contributed by atoms with Crippen LogP contribution in [0, 0.1) is 6.92 Å². The van der Waals surface area contributed by atoms with Crippen LogP contribution in [0.2, 0.25) is 0 Å². The largest absolute Gasteiger partial charge is 0.218 e. The molecule has 2 aromatic carbocycles. The molecule has 98 valence electrons. The zero-order chi connectivity index (χ0) is 13.8. The molecule has 1 aliphatic rings. The van der Waals surface area contributed by atoms with Crippen LogP contribution in [0.5, 0.6) is 0 Å². The molecular formula is C13H10O4S2. The van der Waals surface area contributed by atoms with Crippen molar-refractivity contribution in [3.8, 4) is 0 Å². The lowest BCUT2D eigenvalue weighted by atomic mass is 10.2. The first-order chi connectivity index (χ1) is 8.85. The van der Waals surface area contributed by atoms with Gasteiger partial charge < -0.3 is 0 Å². The minimum atomic E-state index is -3.77. The Balaban J connectivity index is 2.56. The summed E-state index contributed by atoms with van der Waals surface area (Å²) in [6.45, 7) is 1.73. The number of rotatable bonds is 0. The second kappa shape index (κ2) is 3.68.